The molecular weight excluding hydrogens is 485 g/mol. The van der Waals surface area contributed by atoms with Crippen LogP contribution in [-0.2, 0) is 6.61 Å². The van der Waals surface area contributed by atoms with Crippen molar-refractivity contribution in [2.24, 2.45) is 5.73 Å². The van der Waals surface area contributed by atoms with Crippen molar-refractivity contribution < 1.29 is 18.6 Å². The Bertz CT molecular complexity index is 1490. The number of hydrogen-bond acceptors (Lipinski definition) is 7. The van der Waals surface area contributed by atoms with Crippen LogP contribution in [0.4, 0.5) is 4.39 Å². The second-order valence-electron chi connectivity index (χ2n) is 7.88. The zero-order chi connectivity index (χ0) is 25.2. The number of pyridine rings is 1. The number of aromatic nitrogens is 3. The third-order valence-electron chi connectivity index (χ3n) is 5.84. The van der Waals surface area contributed by atoms with Crippen LogP contribution in [0.1, 0.15) is 22.6 Å². The molecule has 0 saturated carbocycles. The van der Waals surface area contributed by atoms with Crippen LogP contribution in [0, 0.1) is 17.1 Å². The number of hydrogen-bond donors (Lipinski definition) is 2. The third kappa shape index (κ3) is 4.08. The number of nitriles is 1. The minimum atomic E-state index is -0.600. The molecule has 1 atom stereocenters. The number of benzene rings is 2. The van der Waals surface area contributed by atoms with E-state index in [9.17, 15) is 9.65 Å². The minimum Gasteiger partial charge on any atom is -0.493 e. The first kappa shape index (κ1) is 23.2. The van der Waals surface area contributed by atoms with Gasteiger partial charge in [0.25, 0.3) is 0 Å². The van der Waals surface area contributed by atoms with Crippen LogP contribution in [0.15, 0.2) is 72.4 Å². The predicted molar refractivity (Wildman–Crippen MR) is 130 cm³/mol. The van der Waals surface area contributed by atoms with Gasteiger partial charge >= 0.3 is 0 Å². The molecule has 4 aromatic rings. The second kappa shape index (κ2) is 9.60. The van der Waals surface area contributed by atoms with E-state index in [1.807, 2.05) is 6.07 Å². The van der Waals surface area contributed by atoms with Crippen LogP contribution >= 0.6 is 11.6 Å². The number of aromatic amines is 1. The Morgan fingerprint density at radius 2 is 2.08 bits per heavy atom. The van der Waals surface area contributed by atoms with Gasteiger partial charge in [0.05, 0.1) is 29.3 Å². The molecule has 5 rings (SSSR count). The molecule has 180 valence electrons. The van der Waals surface area contributed by atoms with E-state index in [0.29, 0.717) is 28.3 Å². The summed E-state index contributed by atoms with van der Waals surface area (Å²) >= 11 is 6.12. The molecule has 0 aliphatic carbocycles. The monoisotopic (exact) mass is 503 g/mol. The maximum atomic E-state index is 14.2. The first-order valence-corrected chi connectivity index (χ1v) is 11.2. The van der Waals surface area contributed by atoms with E-state index in [4.69, 9.17) is 31.5 Å². The Morgan fingerprint density at radius 3 is 2.81 bits per heavy atom. The Labute approximate surface area is 210 Å². The molecule has 10 heteroatoms. The first-order valence-electron chi connectivity index (χ1n) is 10.8. The summed E-state index contributed by atoms with van der Waals surface area (Å²) in [7, 11) is 1.49. The van der Waals surface area contributed by atoms with Crippen molar-refractivity contribution >= 4 is 11.6 Å². The molecule has 0 unspecified atom stereocenters. The summed E-state index contributed by atoms with van der Waals surface area (Å²) in [6.45, 7) is -0.0915. The topological polar surface area (TPSA) is 119 Å². The average molecular weight is 504 g/mol. The summed E-state index contributed by atoms with van der Waals surface area (Å²) in [5.41, 5.74) is 9.30. The van der Waals surface area contributed by atoms with Crippen molar-refractivity contribution in [1.29, 1.82) is 5.26 Å². The van der Waals surface area contributed by atoms with Gasteiger partial charge in [0.2, 0.25) is 11.8 Å². The normalized spacial score (nSPS) is 14.6. The molecule has 3 heterocycles. The van der Waals surface area contributed by atoms with E-state index >= 15 is 0 Å². The van der Waals surface area contributed by atoms with Crippen molar-refractivity contribution in [1.82, 2.24) is 15.2 Å². The zero-order valence-electron chi connectivity index (χ0n) is 19.0. The number of ether oxygens (including phenoxy) is 3. The minimum absolute atomic E-state index is 0.0345. The van der Waals surface area contributed by atoms with Crippen molar-refractivity contribution in [3.05, 3.63) is 99.9 Å². The highest BCUT2D eigenvalue weighted by Crippen LogP contribution is 2.47. The molecule has 0 spiro atoms. The van der Waals surface area contributed by atoms with Gasteiger partial charge in [-0.3, -0.25) is 10.1 Å². The molecule has 0 radical (unpaired) electrons. The third-order valence-corrected chi connectivity index (χ3v) is 6.20. The fourth-order valence-corrected chi connectivity index (χ4v) is 4.33. The van der Waals surface area contributed by atoms with E-state index in [0.717, 1.165) is 5.56 Å². The summed E-state index contributed by atoms with van der Waals surface area (Å²) in [5.74, 6) is -0.0681. The molecule has 2 aromatic carbocycles. The molecular formula is C26H19ClFN5O3. The largest absolute Gasteiger partial charge is 0.493 e. The first-order chi connectivity index (χ1) is 17.5. The molecule has 0 saturated heterocycles. The molecule has 3 N–H and O–H groups in total. The number of methoxy groups -OCH3 is 1. The number of nitrogens with two attached hydrogens (primary N) is 1. The van der Waals surface area contributed by atoms with E-state index in [-0.39, 0.29) is 34.5 Å². The quantitative estimate of drug-likeness (QED) is 0.377. The lowest BCUT2D eigenvalue weighted by molar-refractivity contribution is 0.279. The number of fused-ring (bicyclic) bond motifs is 1. The number of allylic oxidation sites excluding steroid dienone is 1. The molecule has 0 amide bonds. The van der Waals surface area contributed by atoms with E-state index in [2.05, 4.69) is 21.3 Å². The van der Waals surface area contributed by atoms with Gasteiger partial charge < -0.3 is 19.9 Å². The summed E-state index contributed by atoms with van der Waals surface area (Å²) in [6.07, 6.45) is 3.35. The summed E-state index contributed by atoms with van der Waals surface area (Å²) < 4.78 is 31.2. The Morgan fingerprint density at radius 1 is 1.22 bits per heavy atom. The van der Waals surface area contributed by atoms with Gasteiger partial charge in [-0.2, -0.15) is 5.26 Å². The van der Waals surface area contributed by atoms with Crippen molar-refractivity contribution in [2.75, 3.05) is 7.11 Å². The number of nitrogens with one attached hydrogen (secondary N) is 1. The summed E-state index contributed by atoms with van der Waals surface area (Å²) in [4.78, 5) is 4.18. The number of H-pyrrole nitrogens is 1. The Balaban J connectivity index is 1.55. The van der Waals surface area contributed by atoms with E-state index in [1.165, 1.54) is 19.2 Å². The highest BCUT2D eigenvalue weighted by atomic mass is 35.5. The van der Waals surface area contributed by atoms with Crippen LogP contribution in [-0.4, -0.2) is 22.3 Å². The lowest BCUT2D eigenvalue weighted by atomic mass is 9.83. The van der Waals surface area contributed by atoms with Gasteiger partial charge in [0, 0.05) is 23.5 Å². The van der Waals surface area contributed by atoms with Crippen LogP contribution < -0.4 is 19.9 Å². The van der Waals surface area contributed by atoms with Crippen molar-refractivity contribution in [3.8, 4) is 34.7 Å². The standard InChI is InChI=1S/C26H19ClFN5O3/c1-34-21-10-14(7-8-20(21)35-13-17-18(27)5-2-6-19(17)28)22-16(11-29)25(30)36-26-23(22)24(32-33-26)15-4-3-9-31-12-15/h2-10,12,22H,13,30H2,1H3,(H,32,33)/t22-/m0/s1. The molecule has 2 aromatic heterocycles. The summed E-state index contributed by atoms with van der Waals surface area (Å²) in [6, 6.07) is 15.5. The maximum Gasteiger partial charge on any atom is 0.244 e. The van der Waals surface area contributed by atoms with Gasteiger partial charge in [-0.05, 0) is 42.0 Å². The average Bonchev–Trinajstić information content (AvgIpc) is 3.31. The van der Waals surface area contributed by atoms with Crippen LogP contribution in [0.2, 0.25) is 5.02 Å². The fourth-order valence-electron chi connectivity index (χ4n) is 4.11. The number of rotatable bonds is 6. The van der Waals surface area contributed by atoms with Crippen molar-refractivity contribution in [2.45, 2.75) is 12.5 Å². The zero-order valence-corrected chi connectivity index (χ0v) is 19.7. The Hall–Kier alpha value is -4.55. The molecule has 1 aliphatic rings. The van der Waals surface area contributed by atoms with E-state index in [1.54, 1.807) is 42.7 Å². The Kier molecular flexibility index (Phi) is 6.19. The predicted octanol–water partition coefficient (Wildman–Crippen LogP) is 5.07. The van der Waals surface area contributed by atoms with Gasteiger partial charge in [-0.1, -0.05) is 23.7 Å². The highest BCUT2D eigenvalue weighted by molar-refractivity contribution is 6.31. The molecule has 1 aliphatic heterocycles. The lowest BCUT2D eigenvalue weighted by Gasteiger charge is -2.24. The van der Waals surface area contributed by atoms with E-state index < -0.39 is 11.7 Å². The van der Waals surface area contributed by atoms with Crippen molar-refractivity contribution in [3.63, 3.8) is 0 Å². The van der Waals surface area contributed by atoms with Gasteiger partial charge in [-0.25, -0.2) is 4.39 Å². The smallest absolute Gasteiger partial charge is 0.244 e. The van der Waals surface area contributed by atoms with Crippen LogP contribution in [0.25, 0.3) is 11.3 Å². The summed E-state index contributed by atoms with van der Waals surface area (Å²) in [5, 5.41) is 17.5. The lowest BCUT2D eigenvalue weighted by Crippen LogP contribution is -2.21. The van der Waals surface area contributed by atoms with Crippen LogP contribution in [0.5, 0.6) is 17.4 Å². The SMILES string of the molecule is COc1cc([C@H]2C(C#N)=C(N)Oc3n[nH]c(-c4cccnc4)c32)ccc1OCc1c(F)cccc1Cl. The maximum absolute atomic E-state index is 14.2. The molecule has 0 fully saturated rings. The van der Waals surface area contributed by atoms with Gasteiger partial charge in [0.1, 0.15) is 24.1 Å². The fraction of sp³-hybridized carbons (Fsp3) is 0.115. The molecule has 0 bridgehead atoms. The molecule has 8 nitrogen and oxygen atoms in total. The highest BCUT2D eigenvalue weighted by Gasteiger charge is 2.36. The van der Waals surface area contributed by atoms with Gasteiger partial charge in [0.15, 0.2) is 11.5 Å². The second-order valence-corrected chi connectivity index (χ2v) is 8.29. The molecule has 36 heavy (non-hydrogen) atoms. The van der Waals surface area contributed by atoms with Crippen LogP contribution in [0.3, 0.4) is 0 Å². The number of halogens is 2. The van der Waals surface area contributed by atoms with Gasteiger partial charge in [-0.15, -0.1) is 5.10 Å². The number of nitrogens with zero attached hydrogens (tertiary/aromatic N) is 3.